The second kappa shape index (κ2) is 12.9. The molecule has 1 aromatic carbocycles. The Kier molecular flexibility index (Phi) is 9.90. The highest BCUT2D eigenvalue weighted by Crippen LogP contribution is 2.40. The molecule has 0 spiro atoms. The third-order valence-corrected chi connectivity index (χ3v) is 7.55. The van der Waals surface area contributed by atoms with Crippen molar-refractivity contribution in [2.24, 2.45) is 0 Å². The Morgan fingerprint density at radius 3 is 2.49 bits per heavy atom. The average molecular weight is 583 g/mol. The molecule has 0 bridgehead atoms. The summed E-state index contributed by atoms with van der Waals surface area (Å²) in [5, 5.41) is 31.0. The number of hydrogen-bond acceptors (Lipinski definition) is 9. The van der Waals surface area contributed by atoms with E-state index in [0.717, 1.165) is 0 Å². The molecule has 1 aromatic rings. The minimum atomic E-state index is -1.06. The maximum Gasteiger partial charge on any atom is 0.338 e. The number of aliphatic hydroxyl groups is 3. The van der Waals surface area contributed by atoms with Gasteiger partial charge in [0.15, 0.2) is 0 Å². The van der Waals surface area contributed by atoms with E-state index in [1.165, 1.54) is 0 Å². The standard InChI is InChI=1S/C27H35BrO9/c1-15(28)13-19(35-27(33)16-5-3-2-4-6-16)8-7-17(30)14-21-22(31)25-26(37-21)23(32)24-20(36-25)10-9-18(34-24)11-12-29/h2-6,18-26,29,31-32H,1,7-14H2/t18?,19?,20?,21?,22?,23?,24-,25-,26?/m0/s1. The van der Waals surface area contributed by atoms with Gasteiger partial charge in [0.05, 0.1) is 23.9 Å². The molecule has 3 aliphatic rings. The molecule has 3 fully saturated rings. The molecule has 3 aliphatic heterocycles. The molecule has 0 aliphatic carbocycles. The van der Waals surface area contributed by atoms with Crippen molar-refractivity contribution in [3.05, 3.63) is 47.0 Å². The van der Waals surface area contributed by atoms with Gasteiger partial charge in [0, 0.05) is 25.9 Å². The van der Waals surface area contributed by atoms with Gasteiger partial charge in [-0.05, 0) is 42.3 Å². The van der Waals surface area contributed by atoms with E-state index in [1.807, 2.05) is 6.07 Å². The van der Waals surface area contributed by atoms with Crippen LogP contribution in [0.15, 0.2) is 41.4 Å². The molecule has 0 radical (unpaired) electrons. The number of carbonyl (C=O) groups is 2. The number of esters is 1. The highest BCUT2D eigenvalue weighted by Gasteiger charge is 2.56. The zero-order valence-corrected chi connectivity index (χ0v) is 22.2. The zero-order chi connectivity index (χ0) is 26.5. The van der Waals surface area contributed by atoms with Crippen LogP contribution in [-0.4, -0.2) is 88.6 Å². The van der Waals surface area contributed by atoms with Crippen LogP contribution < -0.4 is 0 Å². The summed E-state index contributed by atoms with van der Waals surface area (Å²) in [6, 6.07) is 8.63. The van der Waals surface area contributed by atoms with Crippen molar-refractivity contribution in [2.45, 2.75) is 99.9 Å². The first-order chi connectivity index (χ1) is 17.8. The monoisotopic (exact) mass is 582 g/mol. The Hall–Kier alpha value is -1.66. The lowest BCUT2D eigenvalue weighted by Gasteiger charge is -2.46. The summed E-state index contributed by atoms with van der Waals surface area (Å²) in [6.45, 7) is 3.82. The van der Waals surface area contributed by atoms with Gasteiger partial charge in [-0.25, -0.2) is 4.79 Å². The van der Waals surface area contributed by atoms with Gasteiger partial charge < -0.3 is 34.3 Å². The van der Waals surface area contributed by atoms with E-state index >= 15 is 0 Å². The molecule has 9 nitrogen and oxygen atoms in total. The van der Waals surface area contributed by atoms with E-state index in [-0.39, 0.29) is 37.4 Å². The van der Waals surface area contributed by atoms with Crippen molar-refractivity contribution in [1.29, 1.82) is 0 Å². The first-order valence-corrected chi connectivity index (χ1v) is 13.6. The Balaban J connectivity index is 1.30. The van der Waals surface area contributed by atoms with Crippen molar-refractivity contribution >= 4 is 27.7 Å². The topological polar surface area (TPSA) is 132 Å². The molecule has 0 aromatic heterocycles. The molecule has 4 rings (SSSR count). The van der Waals surface area contributed by atoms with E-state index in [2.05, 4.69) is 22.5 Å². The number of hydrogen-bond donors (Lipinski definition) is 3. The van der Waals surface area contributed by atoms with Gasteiger partial charge >= 0.3 is 5.97 Å². The number of rotatable bonds is 11. The van der Waals surface area contributed by atoms with Crippen LogP contribution in [-0.2, 0) is 23.7 Å². The number of fused-ring (bicyclic) bond motifs is 2. The van der Waals surface area contributed by atoms with E-state index < -0.39 is 48.7 Å². The third kappa shape index (κ3) is 7.06. The van der Waals surface area contributed by atoms with Gasteiger partial charge in [0.1, 0.15) is 42.4 Å². The highest BCUT2D eigenvalue weighted by atomic mass is 79.9. The summed E-state index contributed by atoms with van der Waals surface area (Å²) in [4.78, 5) is 25.3. The lowest BCUT2D eigenvalue weighted by atomic mass is 9.88. The molecule has 10 heteroatoms. The Bertz CT molecular complexity index is 941. The van der Waals surface area contributed by atoms with Crippen molar-refractivity contribution < 1.29 is 43.9 Å². The maximum atomic E-state index is 12.8. The number of ketones is 1. The number of ether oxygens (including phenoxy) is 4. The largest absolute Gasteiger partial charge is 0.458 e. The Morgan fingerprint density at radius 1 is 1.05 bits per heavy atom. The number of halogens is 1. The van der Waals surface area contributed by atoms with Crippen molar-refractivity contribution in [3.8, 4) is 0 Å². The minimum Gasteiger partial charge on any atom is -0.458 e. The van der Waals surface area contributed by atoms with E-state index in [4.69, 9.17) is 18.9 Å². The highest BCUT2D eigenvalue weighted by molar-refractivity contribution is 9.11. The average Bonchev–Trinajstić information content (AvgIpc) is 3.18. The van der Waals surface area contributed by atoms with Crippen LogP contribution in [0.5, 0.6) is 0 Å². The molecule has 3 N–H and O–H groups in total. The van der Waals surface area contributed by atoms with Crippen LogP contribution in [0, 0.1) is 0 Å². The molecule has 0 saturated carbocycles. The summed E-state index contributed by atoms with van der Waals surface area (Å²) in [7, 11) is 0. The molecule has 0 amide bonds. The van der Waals surface area contributed by atoms with Crippen LogP contribution in [0.1, 0.15) is 55.3 Å². The van der Waals surface area contributed by atoms with Gasteiger partial charge in [-0.3, -0.25) is 4.79 Å². The molecule has 3 saturated heterocycles. The van der Waals surface area contributed by atoms with Gasteiger partial charge in [0.25, 0.3) is 0 Å². The number of benzene rings is 1. The van der Waals surface area contributed by atoms with E-state index in [9.17, 15) is 24.9 Å². The van der Waals surface area contributed by atoms with Crippen molar-refractivity contribution in [2.75, 3.05) is 6.61 Å². The molecule has 7 unspecified atom stereocenters. The molecule has 37 heavy (non-hydrogen) atoms. The first-order valence-electron chi connectivity index (χ1n) is 12.8. The lowest BCUT2D eigenvalue weighted by molar-refractivity contribution is -0.260. The van der Waals surface area contributed by atoms with Gasteiger partial charge in [-0.2, -0.15) is 0 Å². The predicted molar refractivity (Wildman–Crippen MR) is 136 cm³/mol. The minimum absolute atomic E-state index is 0.000520. The van der Waals surface area contributed by atoms with Crippen LogP contribution in [0.2, 0.25) is 0 Å². The fraction of sp³-hybridized carbons (Fsp3) is 0.630. The second-order valence-electron chi connectivity index (χ2n) is 9.97. The summed E-state index contributed by atoms with van der Waals surface area (Å²) in [5.74, 6) is -0.628. The fourth-order valence-electron chi connectivity index (χ4n) is 5.34. The summed E-state index contributed by atoms with van der Waals surface area (Å²) < 4.78 is 24.2. The van der Waals surface area contributed by atoms with Crippen molar-refractivity contribution in [1.82, 2.24) is 0 Å². The third-order valence-electron chi connectivity index (χ3n) is 7.22. The molecular weight excluding hydrogens is 548 g/mol. The molecular formula is C27H35BrO9. The first kappa shape index (κ1) is 28.4. The SMILES string of the molecule is C=C(Br)CC(CCC(=O)CC1OC2C(O)[C@H]3OC(CCO)CCC3O[C@H]2C1O)OC(=O)c1ccccc1. The molecule has 3 heterocycles. The number of Topliss-reactive ketones (excluding diaryl/α,β-unsaturated/α-hetero) is 1. The second-order valence-corrected chi connectivity index (χ2v) is 11.1. The van der Waals surface area contributed by atoms with Crippen molar-refractivity contribution in [3.63, 3.8) is 0 Å². The van der Waals surface area contributed by atoms with Gasteiger partial charge in [0.2, 0.25) is 0 Å². The Labute approximate surface area is 224 Å². The van der Waals surface area contributed by atoms with E-state index in [0.29, 0.717) is 42.1 Å². The normalized spacial score (nSPS) is 33.7. The zero-order valence-electron chi connectivity index (χ0n) is 20.6. The smallest absolute Gasteiger partial charge is 0.338 e. The Morgan fingerprint density at radius 2 is 1.78 bits per heavy atom. The predicted octanol–water partition coefficient (Wildman–Crippen LogP) is 2.44. The van der Waals surface area contributed by atoms with Gasteiger partial charge in [-0.1, -0.05) is 40.7 Å². The van der Waals surface area contributed by atoms with Crippen LogP contribution in [0.4, 0.5) is 0 Å². The van der Waals surface area contributed by atoms with Crippen LogP contribution in [0.25, 0.3) is 0 Å². The number of aliphatic hydroxyl groups excluding tert-OH is 3. The molecule has 9 atom stereocenters. The summed E-state index contributed by atoms with van der Waals surface area (Å²) in [5.41, 5.74) is 0.426. The summed E-state index contributed by atoms with van der Waals surface area (Å²) in [6.07, 6.45) is -3.59. The fourth-order valence-corrected chi connectivity index (χ4v) is 5.70. The summed E-state index contributed by atoms with van der Waals surface area (Å²) >= 11 is 3.30. The van der Waals surface area contributed by atoms with E-state index in [1.54, 1.807) is 24.3 Å². The van der Waals surface area contributed by atoms with Crippen LogP contribution in [0.3, 0.4) is 0 Å². The quantitative estimate of drug-likeness (QED) is 0.336. The number of carbonyl (C=O) groups excluding carboxylic acids is 2. The maximum absolute atomic E-state index is 12.8. The lowest BCUT2D eigenvalue weighted by Crippen LogP contribution is -2.61. The van der Waals surface area contributed by atoms with Gasteiger partial charge in [-0.15, -0.1) is 0 Å². The van der Waals surface area contributed by atoms with Crippen LogP contribution >= 0.6 is 15.9 Å². The molecule has 204 valence electrons.